The molecule has 1 aliphatic heterocycles. The van der Waals surface area contributed by atoms with E-state index in [1.807, 2.05) is 6.07 Å². The van der Waals surface area contributed by atoms with Crippen molar-refractivity contribution in [1.82, 2.24) is 9.55 Å². The van der Waals surface area contributed by atoms with Crippen LogP contribution in [0, 0.1) is 0 Å². The number of fused-ring (bicyclic) bond motifs is 3. The number of oxazole rings is 1. The van der Waals surface area contributed by atoms with Crippen LogP contribution in [0.4, 0.5) is 11.7 Å². The van der Waals surface area contributed by atoms with Crippen molar-refractivity contribution in [1.29, 1.82) is 0 Å². The summed E-state index contributed by atoms with van der Waals surface area (Å²) < 4.78 is 8.28. The standard InChI is InChI=1S/C25H21N3O/c1-27-14-12-20-15-18(8-10-22(20)27)19-9-11-24-21(16-19)26-25(29-24)28-13-4-6-17-5-2-3-7-23(17)28/h2-3,5,7-12,14-16H,4,6,13H2,1H3. The van der Waals surface area contributed by atoms with Gasteiger partial charge < -0.3 is 8.98 Å². The summed E-state index contributed by atoms with van der Waals surface area (Å²) in [6.07, 6.45) is 4.31. The molecule has 0 amide bonds. The van der Waals surface area contributed by atoms with Crippen LogP contribution in [0.2, 0.25) is 0 Å². The summed E-state index contributed by atoms with van der Waals surface area (Å²) in [6.45, 7) is 0.932. The minimum absolute atomic E-state index is 0.683. The van der Waals surface area contributed by atoms with E-state index in [1.165, 1.54) is 27.7 Å². The SMILES string of the molecule is Cn1ccc2cc(-c3ccc4oc(N5CCCc6ccccc65)nc4c3)ccc21. The number of nitrogens with zero attached hydrogens (tertiary/aromatic N) is 3. The molecular weight excluding hydrogens is 358 g/mol. The van der Waals surface area contributed by atoms with Crippen LogP contribution in [0.25, 0.3) is 33.1 Å². The summed E-state index contributed by atoms with van der Waals surface area (Å²) in [7, 11) is 2.07. The molecule has 0 radical (unpaired) electrons. The van der Waals surface area contributed by atoms with Gasteiger partial charge >= 0.3 is 6.01 Å². The Bertz CT molecular complexity index is 1360. The Morgan fingerprint density at radius 1 is 0.931 bits per heavy atom. The normalized spacial score (nSPS) is 13.9. The van der Waals surface area contributed by atoms with Gasteiger partial charge in [-0.3, -0.25) is 4.90 Å². The van der Waals surface area contributed by atoms with E-state index in [-0.39, 0.29) is 0 Å². The lowest BCUT2D eigenvalue weighted by molar-refractivity contribution is 0.580. The number of benzene rings is 3. The van der Waals surface area contributed by atoms with E-state index in [1.54, 1.807) is 0 Å². The van der Waals surface area contributed by atoms with Crippen LogP contribution in [0.3, 0.4) is 0 Å². The quantitative estimate of drug-likeness (QED) is 0.373. The summed E-state index contributed by atoms with van der Waals surface area (Å²) in [6, 6.07) is 24.2. The van der Waals surface area contributed by atoms with E-state index in [0.29, 0.717) is 6.01 Å². The largest absolute Gasteiger partial charge is 0.423 e. The smallest absolute Gasteiger partial charge is 0.302 e. The molecule has 6 rings (SSSR count). The molecule has 1 aliphatic rings. The topological polar surface area (TPSA) is 34.2 Å². The molecule has 5 aromatic rings. The van der Waals surface area contributed by atoms with E-state index >= 15 is 0 Å². The van der Waals surface area contributed by atoms with Crippen molar-refractivity contribution < 1.29 is 4.42 Å². The maximum atomic E-state index is 6.14. The molecule has 0 bridgehead atoms. The fraction of sp³-hybridized carbons (Fsp3) is 0.160. The van der Waals surface area contributed by atoms with Crippen molar-refractivity contribution in [2.75, 3.05) is 11.4 Å². The van der Waals surface area contributed by atoms with Crippen LogP contribution in [-0.4, -0.2) is 16.1 Å². The first-order valence-electron chi connectivity index (χ1n) is 10.1. The molecule has 0 saturated carbocycles. The van der Waals surface area contributed by atoms with Gasteiger partial charge in [0.25, 0.3) is 0 Å². The van der Waals surface area contributed by atoms with Crippen molar-refractivity contribution in [3.8, 4) is 11.1 Å². The minimum Gasteiger partial charge on any atom is -0.423 e. The van der Waals surface area contributed by atoms with Crippen LogP contribution in [0.1, 0.15) is 12.0 Å². The van der Waals surface area contributed by atoms with Gasteiger partial charge in [0.05, 0.1) is 0 Å². The zero-order valence-corrected chi connectivity index (χ0v) is 16.3. The highest BCUT2D eigenvalue weighted by atomic mass is 16.4. The second-order valence-electron chi connectivity index (χ2n) is 7.76. The summed E-state index contributed by atoms with van der Waals surface area (Å²) in [5, 5.41) is 1.25. The van der Waals surface area contributed by atoms with Crippen molar-refractivity contribution >= 4 is 33.7 Å². The average molecular weight is 379 g/mol. The van der Waals surface area contributed by atoms with Gasteiger partial charge in [-0.25, -0.2) is 0 Å². The van der Waals surface area contributed by atoms with Crippen molar-refractivity contribution in [3.63, 3.8) is 0 Å². The Hall–Kier alpha value is -3.53. The zero-order chi connectivity index (χ0) is 19.4. The average Bonchev–Trinajstić information content (AvgIpc) is 3.36. The molecule has 3 aromatic carbocycles. The lowest BCUT2D eigenvalue weighted by atomic mass is 10.0. The summed E-state index contributed by atoms with van der Waals surface area (Å²) in [4.78, 5) is 7.05. The maximum Gasteiger partial charge on any atom is 0.302 e. The second kappa shape index (κ2) is 6.24. The second-order valence-corrected chi connectivity index (χ2v) is 7.76. The molecule has 3 heterocycles. The number of aromatic nitrogens is 2. The van der Waals surface area contributed by atoms with Crippen LogP contribution in [-0.2, 0) is 13.5 Å². The van der Waals surface area contributed by atoms with Crippen LogP contribution >= 0.6 is 0 Å². The molecule has 142 valence electrons. The predicted octanol–water partition coefficient (Wildman–Crippen LogP) is 6.07. The van der Waals surface area contributed by atoms with Gasteiger partial charge in [-0.2, -0.15) is 4.98 Å². The number of hydrogen-bond acceptors (Lipinski definition) is 3. The molecule has 0 aliphatic carbocycles. The van der Waals surface area contributed by atoms with E-state index in [0.717, 1.165) is 36.0 Å². The molecular formula is C25H21N3O. The van der Waals surface area contributed by atoms with E-state index < -0.39 is 0 Å². The highest BCUT2D eigenvalue weighted by Gasteiger charge is 2.22. The third-order valence-corrected chi connectivity index (χ3v) is 5.94. The van der Waals surface area contributed by atoms with Crippen molar-refractivity contribution in [2.24, 2.45) is 7.05 Å². The van der Waals surface area contributed by atoms with Gasteiger partial charge in [0.15, 0.2) is 5.58 Å². The Labute approximate surface area is 169 Å². The molecule has 0 atom stereocenters. The van der Waals surface area contributed by atoms with Gasteiger partial charge in [0, 0.05) is 36.4 Å². The van der Waals surface area contributed by atoms with Gasteiger partial charge in [0.2, 0.25) is 0 Å². The van der Waals surface area contributed by atoms with Crippen LogP contribution < -0.4 is 4.90 Å². The maximum absolute atomic E-state index is 6.14. The first-order valence-corrected chi connectivity index (χ1v) is 10.1. The van der Waals surface area contributed by atoms with Gasteiger partial charge in [-0.15, -0.1) is 0 Å². The monoisotopic (exact) mass is 379 g/mol. The Morgan fingerprint density at radius 3 is 2.76 bits per heavy atom. The molecule has 2 aromatic heterocycles. The predicted molar refractivity (Wildman–Crippen MR) is 118 cm³/mol. The number of anilines is 2. The minimum atomic E-state index is 0.683. The molecule has 0 saturated heterocycles. The molecule has 0 fully saturated rings. The Kier molecular flexibility index (Phi) is 3.54. The highest BCUT2D eigenvalue weighted by Crippen LogP contribution is 2.35. The summed E-state index contributed by atoms with van der Waals surface area (Å²) >= 11 is 0. The summed E-state index contributed by atoms with van der Waals surface area (Å²) in [5.74, 6) is 0. The zero-order valence-electron chi connectivity index (χ0n) is 16.3. The fourth-order valence-corrected chi connectivity index (χ4v) is 4.40. The van der Waals surface area contributed by atoms with Crippen molar-refractivity contribution in [2.45, 2.75) is 12.8 Å². The molecule has 0 N–H and O–H groups in total. The van der Waals surface area contributed by atoms with Gasteiger partial charge in [-0.05, 0) is 65.9 Å². The molecule has 4 heteroatoms. The lowest BCUT2D eigenvalue weighted by Crippen LogP contribution is -2.24. The summed E-state index contributed by atoms with van der Waals surface area (Å²) in [5.41, 5.74) is 7.88. The van der Waals surface area contributed by atoms with Crippen LogP contribution in [0.5, 0.6) is 0 Å². The van der Waals surface area contributed by atoms with E-state index in [4.69, 9.17) is 9.40 Å². The first-order chi connectivity index (χ1) is 14.3. The number of para-hydroxylation sites is 1. The Balaban J connectivity index is 1.42. The van der Waals surface area contributed by atoms with Gasteiger partial charge in [-0.1, -0.05) is 30.3 Å². The lowest BCUT2D eigenvalue weighted by Gasteiger charge is -2.27. The molecule has 29 heavy (non-hydrogen) atoms. The molecule has 4 nitrogen and oxygen atoms in total. The Morgan fingerprint density at radius 2 is 1.79 bits per heavy atom. The first kappa shape index (κ1) is 16.4. The number of aryl methyl sites for hydroxylation is 2. The third-order valence-electron chi connectivity index (χ3n) is 5.94. The van der Waals surface area contributed by atoms with Crippen LogP contribution in [0.15, 0.2) is 77.3 Å². The van der Waals surface area contributed by atoms with Crippen molar-refractivity contribution in [3.05, 3.63) is 78.5 Å². The van der Waals surface area contributed by atoms with E-state index in [2.05, 4.69) is 83.4 Å². The number of hydrogen-bond donors (Lipinski definition) is 0. The number of rotatable bonds is 2. The fourth-order valence-electron chi connectivity index (χ4n) is 4.40. The molecule has 0 unspecified atom stereocenters. The third kappa shape index (κ3) is 2.64. The van der Waals surface area contributed by atoms with E-state index in [9.17, 15) is 0 Å². The molecule has 0 spiro atoms. The highest BCUT2D eigenvalue weighted by molar-refractivity contribution is 5.88. The van der Waals surface area contributed by atoms with Gasteiger partial charge in [0.1, 0.15) is 5.52 Å².